The number of carboxylic acid groups (broad SMARTS) is 2. The van der Waals surface area contributed by atoms with Gasteiger partial charge in [-0.05, 0) is 18.3 Å². The van der Waals surface area contributed by atoms with Crippen molar-refractivity contribution in [2.45, 2.75) is 77.5 Å². The Balaban J connectivity index is 5.36. The van der Waals surface area contributed by atoms with Gasteiger partial charge in [-0.15, -0.1) is 0 Å². The molecule has 6 unspecified atom stereocenters. The van der Waals surface area contributed by atoms with Crippen LogP contribution >= 0.6 is 12.6 Å². The molecular formula is C20H36N4O7S. The first kappa shape index (κ1) is 29.7. The van der Waals surface area contributed by atoms with Crippen molar-refractivity contribution < 1.29 is 34.2 Å². The van der Waals surface area contributed by atoms with E-state index in [1.807, 2.05) is 13.8 Å². The highest BCUT2D eigenvalue weighted by atomic mass is 32.1. The zero-order valence-corrected chi connectivity index (χ0v) is 19.9. The molecule has 0 rings (SSSR count). The summed E-state index contributed by atoms with van der Waals surface area (Å²) in [5.41, 5.74) is 5.90. The van der Waals surface area contributed by atoms with Gasteiger partial charge in [0, 0.05) is 12.2 Å². The van der Waals surface area contributed by atoms with Gasteiger partial charge >= 0.3 is 11.9 Å². The number of hydrogen-bond donors (Lipinski definition) is 7. The van der Waals surface area contributed by atoms with E-state index in [1.165, 1.54) is 0 Å². The average Bonchev–Trinajstić information content (AvgIpc) is 2.75. The quantitative estimate of drug-likeness (QED) is 0.157. The number of amides is 3. The van der Waals surface area contributed by atoms with Crippen molar-refractivity contribution in [3.63, 3.8) is 0 Å². The highest BCUT2D eigenvalue weighted by molar-refractivity contribution is 7.80. The number of carbonyl (C=O) groups excluding carboxylic acids is 3. The van der Waals surface area contributed by atoms with Gasteiger partial charge in [0.1, 0.15) is 18.1 Å². The minimum absolute atomic E-state index is 0.0456. The number of rotatable bonds is 15. The Kier molecular flexibility index (Phi) is 13.6. The molecule has 0 fully saturated rings. The predicted molar refractivity (Wildman–Crippen MR) is 121 cm³/mol. The van der Waals surface area contributed by atoms with Gasteiger partial charge in [-0.1, -0.05) is 40.5 Å². The molecule has 0 spiro atoms. The van der Waals surface area contributed by atoms with E-state index in [0.29, 0.717) is 12.8 Å². The smallest absolute Gasteiger partial charge is 0.326 e. The van der Waals surface area contributed by atoms with Gasteiger partial charge < -0.3 is 31.9 Å². The molecule has 6 atom stereocenters. The molecule has 32 heavy (non-hydrogen) atoms. The van der Waals surface area contributed by atoms with Gasteiger partial charge in [0.15, 0.2) is 0 Å². The summed E-state index contributed by atoms with van der Waals surface area (Å²) in [6.07, 6.45) is 0.416. The van der Waals surface area contributed by atoms with Crippen LogP contribution in [0.25, 0.3) is 0 Å². The maximum Gasteiger partial charge on any atom is 0.326 e. The van der Waals surface area contributed by atoms with Crippen LogP contribution in [0.15, 0.2) is 0 Å². The number of thiol groups is 1. The Morgan fingerprint density at radius 3 is 1.81 bits per heavy atom. The molecule has 0 saturated heterocycles. The lowest BCUT2D eigenvalue weighted by Gasteiger charge is -2.28. The molecule has 0 aromatic carbocycles. The summed E-state index contributed by atoms with van der Waals surface area (Å²) >= 11 is 4.10. The number of hydrogen-bond acceptors (Lipinski definition) is 7. The number of nitrogens with one attached hydrogen (secondary N) is 3. The Labute approximate surface area is 193 Å². The summed E-state index contributed by atoms with van der Waals surface area (Å²) in [6, 6.07) is -4.38. The Morgan fingerprint density at radius 1 is 0.844 bits per heavy atom. The molecule has 0 aliphatic carbocycles. The van der Waals surface area contributed by atoms with E-state index >= 15 is 0 Å². The first-order valence-corrected chi connectivity index (χ1v) is 11.2. The summed E-state index contributed by atoms with van der Waals surface area (Å²) in [6.45, 7) is 7.19. The zero-order valence-electron chi connectivity index (χ0n) is 19.0. The fraction of sp³-hybridized carbons (Fsp3) is 0.750. The van der Waals surface area contributed by atoms with Crippen LogP contribution in [0.1, 0.15) is 53.4 Å². The van der Waals surface area contributed by atoms with Crippen LogP contribution in [-0.2, 0) is 24.0 Å². The van der Waals surface area contributed by atoms with Crippen molar-refractivity contribution in [3.8, 4) is 0 Å². The van der Waals surface area contributed by atoms with Crippen LogP contribution in [-0.4, -0.2) is 69.8 Å². The third-order valence-electron chi connectivity index (χ3n) is 5.43. The number of carbonyl (C=O) groups is 5. The first-order chi connectivity index (χ1) is 14.9. The Bertz CT molecular complexity index is 676. The Hall–Kier alpha value is -2.34. The van der Waals surface area contributed by atoms with Crippen molar-refractivity contribution in [2.24, 2.45) is 17.6 Å². The van der Waals surface area contributed by atoms with Gasteiger partial charge in [-0.25, -0.2) is 4.79 Å². The molecule has 11 nitrogen and oxygen atoms in total. The molecule has 0 aliphatic rings. The van der Waals surface area contributed by atoms with Crippen molar-refractivity contribution in [1.82, 2.24) is 16.0 Å². The lowest BCUT2D eigenvalue weighted by molar-refractivity contribution is -0.143. The third kappa shape index (κ3) is 9.86. The summed E-state index contributed by atoms with van der Waals surface area (Å²) in [4.78, 5) is 60.0. The second-order valence-corrected chi connectivity index (χ2v) is 8.22. The molecule has 0 radical (unpaired) electrons. The van der Waals surface area contributed by atoms with Gasteiger partial charge in [-0.3, -0.25) is 19.2 Å². The Morgan fingerprint density at radius 2 is 1.38 bits per heavy atom. The minimum Gasteiger partial charge on any atom is -0.481 e. The van der Waals surface area contributed by atoms with Crippen molar-refractivity contribution in [1.29, 1.82) is 0 Å². The number of carboxylic acids is 2. The van der Waals surface area contributed by atoms with Crippen LogP contribution in [0.2, 0.25) is 0 Å². The van der Waals surface area contributed by atoms with Crippen LogP contribution in [0.5, 0.6) is 0 Å². The van der Waals surface area contributed by atoms with E-state index in [2.05, 4.69) is 28.6 Å². The molecule has 0 saturated carbocycles. The lowest BCUT2D eigenvalue weighted by atomic mass is 9.97. The fourth-order valence-corrected chi connectivity index (χ4v) is 2.97. The summed E-state index contributed by atoms with van der Waals surface area (Å²) in [7, 11) is 0. The molecule has 0 heterocycles. The maximum absolute atomic E-state index is 12.8. The maximum atomic E-state index is 12.8. The highest BCUT2D eigenvalue weighted by Gasteiger charge is 2.32. The van der Waals surface area contributed by atoms with Gasteiger partial charge in [0.2, 0.25) is 17.7 Å². The number of nitrogens with two attached hydrogens (primary N) is 1. The summed E-state index contributed by atoms with van der Waals surface area (Å²) in [5, 5.41) is 25.4. The van der Waals surface area contributed by atoms with Crippen LogP contribution in [0.3, 0.4) is 0 Å². The molecule has 184 valence electrons. The normalized spacial score (nSPS) is 16.6. The van der Waals surface area contributed by atoms with E-state index in [9.17, 15) is 29.1 Å². The van der Waals surface area contributed by atoms with Gasteiger partial charge in [0.05, 0.1) is 6.04 Å². The molecule has 0 bridgehead atoms. The fourth-order valence-electron chi connectivity index (χ4n) is 2.72. The van der Waals surface area contributed by atoms with E-state index in [4.69, 9.17) is 10.8 Å². The van der Waals surface area contributed by atoms with Crippen LogP contribution in [0, 0.1) is 11.8 Å². The second-order valence-electron chi connectivity index (χ2n) is 7.86. The monoisotopic (exact) mass is 476 g/mol. The average molecular weight is 477 g/mol. The number of aliphatic carboxylic acids is 2. The molecule has 0 aromatic heterocycles. The molecule has 0 aliphatic heterocycles. The summed E-state index contributed by atoms with van der Waals surface area (Å²) in [5.74, 6) is -5.03. The molecule has 7 N–H and O–H groups in total. The molecular weight excluding hydrogens is 440 g/mol. The predicted octanol–water partition coefficient (Wildman–Crippen LogP) is -0.260. The SMILES string of the molecule is CCC(C)C(N)C(=O)NC(CS)C(=O)NC(C(=O)NC(CCC(=O)O)C(=O)O)C(C)CC. The zero-order chi connectivity index (χ0) is 25.0. The standard InChI is InChI=1S/C20H36N4O7S/c1-5-10(3)15(21)18(28)23-13(9-32)17(27)24-16(11(4)6-2)19(29)22-12(20(30)31)7-8-14(25)26/h10-13,15-16,32H,5-9,21H2,1-4H3,(H,22,29)(H,23,28)(H,24,27)(H,25,26)(H,30,31). The molecule has 3 amide bonds. The van der Waals surface area contributed by atoms with E-state index in [0.717, 1.165) is 0 Å². The third-order valence-corrected chi connectivity index (χ3v) is 5.80. The second kappa shape index (κ2) is 14.7. The largest absolute Gasteiger partial charge is 0.481 e. The van der Waals surface area contributed by atoms with Crippen LogP contribution < -0.4 is 21.7 Å². The van der Waals surface area contributed by atoms with Gasteiger partial charge in [-0.2, -0.15) is 12.6 Å². The minimum atomic E-state index is -1.42. The lowest BCUT2D eigenvalue weighted by Crippen LogP contribution is -2.59. The van der Waals surface area contributed by atoms with E-state index in [-0.39, 0.29) is 24.0 Å². The van der Waals surface area contributed by atoms with E-state index < -0.39 is 60.2 Å². The topological polar surface area (TPSA) is 188 Å². The highest BCUT2D eigenvalue weighted by Crippen LogP contribution is 2.11. The first-order valence-electron chi connectivity index (χ1n) is 10.6. The molecule has 0 aromatic rings. The molecule has 12 heteroatoms. The van der Waals surface area contributed by atoms with Crippen molar-refractivity contribution >= 4 is 42.3 Å². The van der Waals surface area contributed by atoms with Crippen LogP contribution in [0.4, 0.5) is 0 Å². The van der Waals surface area contributed by atoms with Crippen molar-refractivity contribution in [2.75, 3.05) is 5.75 Å². The summed E-state index contributed by atoms with van der Waals surface area (Å²) < 4.78 is 0. The van der Waals surface area contributed by atoms with E-state index in [1.54, 1.807) is 13.8 Å². The van der Waals surface area contributed by atoms with Crippen molar-refractivity contribution in [3.05, 3.63) is 0 Å². The van der Waals surface area contributed by atoms with Gasteiger partial charge in [0.25, 0.3) is 0 Å².